The summed E-state index contributed by atoms with van der Waals surface area (Å²) >= 11 is 7.70. The van der Waals surface area contributed by atoms with Crippen molar-refractivity contribution in [2.45, 2.75) is 20.3 Å². The van der Waals surface area contributed by atoms with Crippen molar-refractivity contribution in [3.63, 3.8) is 0 Å². The molecule has 4 rings (SSSR count). The third-order valence-corrected chi connectivity index (χ3v) is 5.68. The molecule has 26 heavy (non-hydrogen) atoms. The van der Waals surface area contributed by atoms with Gasteiger partial charge in [0.15, 0.2) is 5.82 Å². The van der Waals surface area contributed by atoms with Crippen molar-refractivity contribution < 1.29 is 4.74 Å². The number of anilines is 1. The molecule has 0 spiro atoms. The van der Waals surface area contributed by atoms with Gasteiger partial charge < -0.3 is 4.74 Å². The van der Waals surface area contributed by atoms with Gasteiger partial charge in [-0.05, 0) is 47.6 Å². The van der Waals surface area contributed by atoms with E-state index in [9.17, 15) is 0 Å². The van der Waals surface area contributed by atoms with Crippen LogP contribution in [0.1, 0.15) is 25.8 Å². The van der Waals surface area contributed by atoms with Crippen molar-refractivity contribution >= 4 is 44.7 Å². The largest absolute Gasteiger partial charge is 0.495 e. The van der Waals surface area contributed by atoms with Gasteiger partial charge in [-0.1, -0.05) is 43.6 Å². The van der Waals surface area contributed by atoms with Crippen LogP contribution in [0.5, 0.6) is 5.75 Å². The second-order valence-corrected chi connectivity index (χ2v) is 8.51. The molecule has 0 N–H and O–H groups in total. The maximum absolute atomic E-state index is 6.18. The summed E-state index contributed by atoms with van der Waals surface area (Å²) in [5.41, 5.74) is 2.13. The minimum atomic E-state index is 0.0781. The van der Waals surface area contributed by atoms with E-state index in [0.29, 0.717) is 10.8 Å². The molecule has 2 heterocycles. The molecule has 0 unspecified atom stereocenters. The highest BCUT2D eigenvalue weighted by atomic mass is 35.5. The smallest absolute Gasteiger partial charge is 0.170 e. The number of rotatable bonds is 3. The van der Waals surface area contributed by atoms with E-state index in [2.05, 4.69) is 30.4 Å². The number of nitrogens with zero attached hydrogens (tertiary/aromatic N) is 3. The van der Waals surface area contributed by atoms with Crippen LogP contribution >= 0.6 is 23.1 Å². The Morgan fingerprint density at radius 3 is 2.81 bits per heavy atom. The van der Waals surface area contributed by atoms with Gasteiger partial charge in [-0.15, -0.1) is 0 Å². The van der Waals surface area contributed by atoms with E-state index in [-0.39, 0.29) is 5.41 Å². The second-order valence-electron chi connectivity index (χ2n) is 7.30. The topological polar surface area (TPSA) is 37.7 Å². The van der Waals surface area contributed by atoms with Crippen molar-refractivity contribution in [2.24, 2.45) is 10.5 Å². The van der Waals surface area contributed by atoms with Crippen LogP contribution in [0.3, 0.4) is 0 Å². The molecule has 0 bridgehead atoms. The Hall–Kier alpha value is -2.11. The standard InChI is InChI=1S/C20H20ClN3OS/c1-20(2)11-16(13-8-9-15(21)17(10-13)25-3)22-24(12-20)19-14-6-4-5-7-18(14)26-23-19/h4-10H,11-12H2,1-3H3. The van der Waals surface area contributed by atoms with Crippen molar-refractivity contribution in [3.8, 4) is 5.75 Å². The van der Waals surface area contributed by atoms with Crippen LogP contribution in [0.2, 0.25) is 5.02 Å². The van der Waals surface area contributed by atoms with E-state index in [1.54, 1.807) is 7.11 Å². The predicted molar refractivity (Wildman–Crippen MR) is 110 cm³/mol. The van der Waals surface area contributed by atoms with Gasteiger partial charge in [-0.25, -0.2) is 5.01 Å². The Balaban J connectivity index is 1.79. The van der Waals surface area contributed by atoms with Crippen LogP contribution in [-0.2, 0) is 0 Å². The molecule has 3 aromatic rings. The van der Waals surface area contributed by atoms with Gasteiger partial charge >= 0.3 is 0 Å². The lowest BCUT2D eigenvalue weighted by atomic mass is 9.83. The Bertz CT molecular complexity index is 996. The van der Waals surface area contributed by atoms with Gasteiger partial charge in [0.2, 0.25) is 0 Å². The molecule has 0 aliphatic carbocycles. The van der Waals surface area contributed by atoms with Gasteiger partial charge in [0, 0.05) is 17.5 Å². The zero-order chi connectivity index (χ0) is 18.3. The fourth-order valence-corrected chi connectivity index (χ4v) is 4.28. The fourth-order valence-electron chi connectivity index (χ4n) is 3.31. The summed E-state index contributed by atoms with van der Waals surface area (Å²) in [4.78, 5) is 0. The summed E-state index contributed by atoms with van der Waals surface area (Å²) < 4.78 is 11.2. The summed E-state index contributed by atoms with van der Waals surface area (Å²) in [6.45, 7) is 5.35. The van der Waals surface area contributed by atoms with Crippen LogP contribution in [0.4, 0.5) is 5.82 Å². The van der Waals surface area contributed by atoms with E-state index in [1.807, 2.05) is 35.3 Å². The SMILES string of the molecule is COc1cc(C2=NN(c3nsc4ccccc34)CC(C)(C)C2)ccc1Cl. The number of hydrazone groups is 1. The summed E-state index contributed by atoms with van der Waals surface area (Å²) in [7, 11) is 1.63. The average Bonchev–Trinajstić information content (AvgIpc) is 3.05. The fraction of sp³-hybridized carbons (Fsp3) is 0.300. The first kappa shape index (κ1) is 17.3. The predicted octanol–water partition coefficient (Wildman–Crippen LogP) is 5.60. The number of hydrogen-bond acceptors (Lipinski definition) is 5. The second kappa shape index (κ2) is 6.56. The molecule has 0 atom stereocenters. The van der Waals surface area contributed by atoms with Crippen molar-refractivity contribution in [2.75, 3.05) is 18.7 Å². The Morgan fingerprint density at radius 1 is 1.19 bits per heavy atom. The minimum Gasteiger partial charge on any atom is -0.495 e. The molecule has 134 valence electrons. The normalized spacial score (nSPS) is 16.6. The first-order valence-corrected chi connectivity index (χ1v) is 9.65. The highest BCUT2D eigenvalue weighted by Gasteiger charge is 2.31. The molecular formula is C20H20ClN3OS. The van der Waals surface area contributed by atoms with Crippen LogP contribution in [0.15, 0.2) is 47.6 Å². The van der Waals surface area contributed by atoms with E-state index in [1.165, 1.54) is 16.2 Å². The number of halogens is 1. The first-order valence-electron chi connectivity index (χ1n) is 8.50. The van der Waals surface area contributed by atoms with Crippen LogP contribution < -0.4 is 9.75 Å². The van der Waals surface area contributed by atoms with Crippen LogP contribution in [0.25, 0.3) is 10.1 Å². The van der Waals surface area contributed by atoms with E-state index in [4.69, 9.17) is 21.4 Å². The lowest BCUT2D eigenvalue weighted by Crippen LogP contribution is -2.38. The lowest BCUT2D eigenvalue weighted by Gasteiger charge is -2.35. The lowest BCUT2D eigenvalue weighted by molar-refractivity contribution is 0.368. The van der Waals surface area contributed by atoms with Crippen LogP contribution in [0, 0.1) is 5.41 Å². The van der Waals surface area contributed by atoms with Crippen molar-refractivity contribution in [3.05, 3.63) is 53.1 Å². The van der Waals surface area contributed by atoms with Crippen molar-refractivity contribution in [1.82, 2.24) is 4.37 Å². The van der Waals surface area contributed by atoms with Gasteiger partial charge in [0.05, 0.1) is 22.5 Å². The molecule has 4 nitrogen and oxygen atoms in total. The zero-order valence-corrected chi connectivity index (χ0v) is 16.6. The zero-order valence-electron chi connectivity index (χ0n) is 15.0. The molecular weight excluding hydrogens is 366 g/mol. The number of fused-ring (bicyclic) bond motifs is 1. The third kappa shape index (κ3) is 3.17. The third-order valence-electron chi connectivity index (χ3n) is 4.55. The molecule has 6 heteroatoms. The maximum atomic E-state index is 6.18. The molecule has 1 aromatic heterocycles. The maximum Gasteiger partial charge on any atom is 0.170 e. The highest BCUT2D eigenvalue weighted by Crippen LogP contribution is 2.37. The van der Waals surface area contributed by atoms with E-state index >= 15 is 0 Å². The van der Waals surface area contributed by atoms with Crippen LogP contribution in [-0.4, -0.2) is 23.7 Å². The van der Waals surface area contributed by atoms with Gasteiger partial charge in [0.25, 0.3) is 0 Å². The summed E-state index contributed by atoms with van der Waals surface area (Å²) in [6.07, 6.45) is 0.885. The Morgan fingerprint density at radius 2 is 2.00 bits per heavy atom. The molecule has 2 aromatic carbocycles. The first-order chi connectivity index (χ1) is 12.5. The average molecular weight is 386 g/mol. The highest BCUT2D eigenvalue weighted by molar-refractivity contribution is 7.13. The van der Waals surface area contributed by atoms with E-state index < -0.39 is 0 Å². The van der Waals surface area contributed by atoms with Crippen molar-refractivity contribution in [1.29, 1.82) is 0 Å². The number of methoxy groups -OCH3 is 1. The van der Waals surface area contributed by atoms with Gasteiger partial charge in [-0.3, -0.25) is 0 Å². The summed E-state index contributed by atoms with van der Waals surface area (Å²) in [5.74, 6) is 1.60. The number of aromatic nitrogens is 1. The molecule has 0 fully saturated rings. The minimum absolute atomic E-state index is 0.0781. The summed E-state index contributed by atoms with van der Waals surface area (Å²) in [6, 6.07) is 14.1. The molecule has 0 saturated carbocycles. The molecule has 0 amide bonds. The number of ether oxygens (including phenoxy) is 1. The van der Waals surface area contributed by atoms with Gasteiger partial charge in [0.1, 0.15) is 5.75 Å². The Labute approximate surface area is 162 Å². The monoisotopic (exact) mass is 385 g/mol. The molecule has 1 aliphatic rings. The van der Waals surface area contributed by atoms with E-state index in [0.717, 1.165) is 35.4 Å². The quantitative estimate of drug-likeness (QED) is 0.589. The molecule has 0 saturated heterocycles. The number of benzene rings is 2. The summed E-state index contributed by atoms with van der Waals surface area (Å²) in [5, 5.41) is 8.73. The number of hydrogen-bond donors (Lipinski definition) is 0. The molecule has 1 aliphatic heterocycles. The Kier molecular flexibility index (Phi) is 4.37. The molecule has 0 radical (unpaired) electrons. The van der Waals surface area contributed by atoms with Gasteiger partial charge in [-0.2, -0.15) is 9.47 Å².